The van der Waals surface area contributed by atoms with Crippen molar-refractivity contribution in [2.24, 2.45) is 0 Å². The van der Waals surface area contributed by atoms with Gasteiger partial charge in [0.2, 0.25) is 11.8 Å². The normalized spacial score (nSPS) is 21.8. The maximum atomic E-state index is 12.9. The minimum atomic E-state index is -0.427. The Morgan fingerprint density at radius 1 is 1.38 bits per heavy atom. The molecule has 3 heterocycles. The topological polar surface area (TPSA) is 49.9 Å². The molecule has 0 N–H and O–H groups in total. The number of halogens is 1. The summed E-state index contributed by atoms with van der Waals surface area (Å²) in [6.45, 7) is 0.514. The van der Waals surface area contributed by atoms with Gasteiger partial charge in [-0.05, 0) is 42.1 Å². The molecule has 2 aromatic rings. The summed E-state index contributed by atoms with van der Waals surface area (Å²) in [5, 5.41) is 2.50. The first kappa shape index (κ1) is 17.1. The van der Waals surface area contributed by atoms with Crippen molar-refractivity contribution in [1.29, 1.82) is 0 Å². The molecule has 2 atom stereocenters. The number of piperazine rings is 1. The predicted octanol–water partition coefficient (Wildman–Crippen LogP) is 3.44. The zero-order valence-corrected chi connectivity index (χ0v) is 15.7. The zero-order chi connectivity index (χ0) is 18.3. The molecule has 0 unspecified atom stereocenters. The lowest BCUT2D eigenvalue weighted by Gasteiger charge is -2.34. The molecule has 2 amide bonds. The molecule has 2 fully saturated rings. The van der Waals surface area contributed by atoms with Gasteiger partial charge in [-0.25, -0.2) is 0 Å². The van der Waals surface area contributed by atoms with Crippen LogP contribution in [0.3, 0.4) is 0 Å². The molecule has 0 aliphatic carbocycles. The van der Waals surface area contributed by atoms with Crippen LogP contribution in [0.15, 0.2) is 41.8 Å². The van der Waals surface area contributed by atoms with E-state index in [0.29, 0.717) is 29.4 Å². The monoisotopic (exact) mass is 388 g/mol. The summed E-state index contributed by atoms with van der Waals surface area (Å²) in [5.41, 5.74) is 0.665. The Hall–Kier alpha value is -2.31. The van der Waals surface area contributed by atoms with E-state index in [9.17, 15) is 9.59 Å². The summed E-state index contributed by atoms with van der Waals surface area (Å²) >= 11 is 7.67. The van der Waals surface area contributed by atoms with Crippen LogP contribution in [-0.2, 0) is 9.59 Å². The predicted molar refractivity (Wildman–Crippen MR) is 103 cm³/mol. The number of methoxy groups -OCH3 is 1. The van der Waals surface area contributed by atoms with Crippen molar-refractivity contribution in [1.82, 2.24) is 4.90 Å². The molecule has 1 aromatic heterocycles. The van der Waals surface area contributed by atoms with Crippen LogP contribution in [-0.4, -0.2) is 42.5 Å². The van der Waals surface area contributed by atoms with E-state index < -0.39 is 6.04 Å². The summed E-state index contributed by atoms with van der Waals surface area (Å²) in [6.07, 6.45) is 3.97. The number of rotatable bonds is 4. The maximum Gasteiger partial charge on any atom is 0.250 e. The van der Waals surface area contributed by atoms with Gasteiger partial charge in [-0.3, -0.25) is 9.59 Å². The lowest BCUT2D eigenvalue weighted by atomic mass is 10.2. The Balaban J connectivity index is 1.54. The second-order valence-electron chi connectivity index (χ2n) is 6.27. The highest BCUT2D eigenvalue weighted by molar-refractivity contribution is 7.10. The van der Waals surface area contributed by atoms with E-state index in [1.807, 2.05) is 17.5 Å². The molecule has 1 aromatic carbocycles. The first-order valence-electron chi connectivity index (χ1n) is 8.27. The van der Waals surface area contributed by atoms with Crippen molar-refractivity contribution in [3.63, 3.8) is 0 Å². The molecule has 4 rings (SSSR count). The number of hydrogen-bond acceptors (Lipinski definition) is 4. The lowest BCUT2D eigenvalue weighted by Crippen LogP contribution is -2.52. The molecular weight excluding hydrogens is 372 g/mol. The van der Waals surface area contributed by atoms with Gasteiger partial charge in [-0.1, -0.05) is 17.7 Å². The highest BCUT2D eigenvalue weighted by Crippen LogP contribution is 2.41. The number of carbonyl (C=O) groups is 2. The number of benzene rings is 1. The van der Waals surface area contributed by atoms with E-state index in [1.165, 1.54) is 0 Å². The van der Waals surface area contributed by atoms with Crippen LogP contribution in [0.2, 0.25) is 5.02 Å². The molecule has 2 bridgehead atoms. The number of ether oxygens (including phenoxy) is 1. The van der Waals surface area contributed by atoms with Gasteiger partial charge in [-0.2, -0.15) is 0 Å². The Kier molecular flexibility index (Phi) is 4.46. The number of likely N-dealkylation sites (tertiary alicyclic amines) is 1. The van der Waals surface area contributed by atoms with Crippen molar-refractivity contribution in [3.8, 4) is 5.75 Å². The number of fused-ring (bicyclic) bond motifs is 2. The number of anilines is 1. The fourth-order valence-corrected chi connectivity index (χ4v) is 4.41. The average Bonchev–Trinajstić information content (AvgIpc) is 3.36. The number of hydrogen-bond donors (Lipinski definition) is 0. The van der Waals surface area contributed by atoms with E-state index >= 15 is 0 Å². The van der Waals surface area contributed by atoms with Gasteiger partial charge in [0.1, 0.15) is 11.8 Å². The standard InChI is InChI=1S/C19H17ClN2O3S/c1-25-17-6-4-12(20)9-15(17)22-13-10-16(19(22)24)21(11-13)18(23)7-5-14-3-2-8-26-14/h2-9,13,16H,10-11H2,1H3/t13-,16-/m0/s1. The van der Waals surface area contributed by atoms with Gasteiger partial charge in [0.05, 0.1) is 18.8 Å². The van der Waals surface area contributed by atoms with E-state index in [2.05, 4.69) is 0 Å². The summed E-state index contributed by atoms with van der Waals surface area (Å²) < 4.78 is 5.38. The van der Waals surface area contributed by atoms with Gasteiger partial charge in [0.15, 0.2) is 0 Å². The Labute approximate surface area is 160 Å². The lowest BCUT2D eigenvalue weighted by molar-refractivity contribution is -0.134. The van der Waals surface area contributed by atoms with Crippen LogP contribution in [0.1, 0.15) is 11.3 Å². The Morgan fingerprint density at radius 2 is 2.23 bits per heavy atom. The van der Waals surface area contributed by atoms with Crippen LogP contribution in [0.25, 0.3) is 6.08 Å². The molecule has 2 aliphatic rings. The molecule has 0 radical (unpaired) electrons. The van der Waals surface area contributed by atoms with E-state index in [1.54, 1.807) is 58.6 Å². The van der Waals surface area contributed by atoms with Crippen LogP contribution >= 0.6 is 22.9 Å². The van der Waals surface area contributed by atoms with Crippen molar-refractivity contribution < 1.29 is 14.3 Å². The fourth-order valence-electron chi connectivity index (χ4n) is 3.62. The Bertz CT molecular complexity index is 881. The van der Waals surface area contributed by atoms with Gasteiger partial charge in [0, 0.05) is 22.5 Å². The van der Waals surface area contributed by atoms with E-state index in [4.69, 9.17) is 16.3 Å². The van der Waals surface area contributed by atoms with Crippen LogP contribution in [0.5, 0.6) is 5.75 Å². The molecule has 7 heteroatoms. The molecule has 0 saturated carbocycles. The highest BCUT2D eigenvalue weighted by Gasteiger charge is 2.52. The molecule has 26 heavy (non-hydrogen) atoms. The van der Waals surface area contributed by atoms with Crippen molar-refractivity contribution in [3.05, 3.63) is 51.7 Å². The SMILES string of the molecule is COc1ccc(Cl)cc1N1C(=O)[C@@H]2C[C@H]1CN2C(=O)C=Cc1cccs1. The smallest absolute Gasteiger partial charge is 0.250 e. The first-order chi connectivity index (χ1) is 12.6. The van der Waals surface area contributed by atoms with Crippen molar-refractivity contribution in [2.45, 2.75) is 18.5 Å². The van der Waals surface area contributed by atoms with Crippen LogP contribution in [0, 0.1) is 0 Å². The number of nitrogens with zero attached hydrogens (tertiary/aromatic N) is 2. The second-order valence-corrected chi connectivity index (χ2v) is 7.68. The van der Waals surface area contributed by atoms with Crippen LogP contribution < -0.4 is 9.64 Å². The number of amides is 2. The molecule has 2 saturated heterocycles. The summed E-state index contributed by atoms with van der Waals surface area (Å²) in [4.78, 5) is 29.8. The summed E-state index contributed by atoms with van der Waals surface area (Å²) in [5.74, 6) is 0.391. The van der Waals surface area contributed by atoms with Gasteiger partial charge in [0.25, 0.3) is 0 Å². The minimum absolute atomic E-state index is 0.0565. The largest absolute Gasteiger partial charge is 0.495 e. The third-order valence-corrected chi connectivity index (χ3v) is 5.86. The number of carbonyl (C=O) groups excluding carboxylic acids is 2. The van der Waals surface area contributed by atoms with Crippen molar-refractivity contribution >= 4 is 46.5 Å². The molecule has 0 spiro atoms. The molecule has 2 aliphatic heterocycles. The van der Waals surface area contributed by atoms with Gasteiger partial charge < -0.3 is 14.5 Å². The highest BCUT2D eigenvalue weighted by atomic mass is 35.5. The second kappa shape index (κ2) is 6.78. The fraction of sp³-hybridized carbons (Fsp3) is 0.263. The molecular formula is C19H17ClN2O3S. The summed E-state index contributed by atoms with van der Waals surface area (Å²) in [6, 6.07) is 8.62. The van der Waals surface area contributed by atoms with Crippen LogP contribution in [0.4, 0.5) is 5.69 Å². The van der Waals surface area contributed by atoms with E-state index in [-0.39, 0.29) is 17.9 Å². The summed E-state index contributed by atoms with van der Waals surface area (Å²) in [7, 11) is 1.57. The maximum absolute atomic E-state index is 12.9. The quantitative estimate of drug-likeness (QED) is 0.754. The van der Waals surface area contributed by atoms with Crippen molar-refractivity contribution in [2.75, 3.05) is 18.6 Å². The first-order valence-corrected chi connectivity index (χ1v) is 9.53. The third-order valence-electron chi connectivity index (χ3n) is 4.78. The third kappa shape index (κ3) is 2.89. The number of thiophene rings is 1. The van der Waals surface area contributed by atoms with Gasteiger partial charge >= 0.3 is 0 Å². The molecule has 134 valence electrons. The Morgan fingerprint density at radius 3 is 2.92 bits per heavy atom. The minimum Gasteiger partial charge on any atom is -0.495 e. The van der Waals surface area contributed by atoms with Gasteiger partial charge in [-0.15, -0.1) is 11.3 Å². The zero-order valence-electron chi connectivity index (χ0n) is 14.1. The average molecular weight is 389 g/mol. The molecule has 5 nitrogen and oxygen atoms in total. The van der Waals surface area contributed by atoms with E-state index in [0.717, 1.165) is 4.88 Å².